The normalized spacial score (nSPS) is 23.1. The van der Waals surface area contributed by atoms with Crippen LogP contribution < -0.4 is 0 Å². The first kappa shape index (κ1) is 13.2. The minimum absolute atomic E-state index is 0.390. The highest BCUT2D eigenvalue weighted by atomic mass is 19.4. The van der Waals surface area contributed by atoms with Gasteiger partial charge in [0, 0.05) is 35.6 Å². The van der Waals surface area contributed by atoms with E-state index >= 15 is 0 Å². The Hall–Kier alpha value is -1.49. The van der Waals surface area contributed by atoms with Gasteiger partial charge in [-0.1, -0.05) is 6.07 Å². The van der Waals surface area contributed by atoms with Crippen molar-refractivity contribution in [1.82, 2.24) is 9.88 Å². The summed E-state index contributed by atoms with van der Waals surface area (Å²) < 4.78 is 39.8. The van der Waals surface area contributed by atoms with E-state index in [-0.39, 0.29) is 0 Å². The van der Waals surface area contributed by atoms with Crippen LogP contribution in [0.15, 0.2) is 18.2 Å². The number of fused-ring (bicyclic) bond motifs is 4. The van der Waals surface area contributed by atoms with Gasteiger partial charge in [0.2, 0.25) is 0 Å². The summed E-state index contributed by atoms with van der Waals surface area (Å²) in [5.41, 5.74) is 2.02. The summed E-state index contributed by atoms with van der Waals surface area (Å²) in [5, 5.41) is 0.390. The van der Waals surface area contributed by atoms with Crippen LogP contribution in [0.3, 0.4) is 0 Å². The van der Waals surface area contributed by atoms with Crippen LogP contribution in [0.2, 0.25) is 0 Å². The second-order valence-corrected chi connectivity index (χ2v) is 6.09. The van der Waals surface area contributed by atoms with Gasteiger partial charge in [-0.15, -0.1) is 0 Å². The first-order valence-electron chi connectivity index (χ1n) is 7.48. The zero-order valence-electron chi connectivity index (χ0n) is 11.6. The summed E-state index contributed by atoms with van der Waals surface area (Å²) >= 11 is 0. The highest BCUT2D eigenvalue weighted by Gasteiger charge is 2.36. The lowest BCUT2D eigenvalue weighted by Gasteiger charge is -2.20. The van der Waals surface area contributed by atoms with E-state index < -0.39 is 11.7 Å². The third-order valence-corrected chi connectivity index (χ3v) is 4.91. The van der Waals surface area contributed by atoms with Crippen molar-refractivity contribution in [3.63, 3.8) is 0 Å². The molecule has 1 saturated heterocycles. The van der Waals surface area contributed by atoms with Gasteiger partial charge >= 0.3 is 6.18 Å². The molecule has 0 spiro atoms. The number of hydrogen-bond donors (Lipinski definition) is 1. The molecule has 1 aromatic carbocycles. The van der Waals surface area contributed by atoms with Crippen molar-refractivity contribution in [1.29, 1.82) is 0 Å². The quantitative estimate of drug-likeness (QED) is 0.784. The molecule has 2 aliphatic heterocycles. The number of H-pyrrole nitrogens is 1. The average molecular weight is 294 g/mol. The first-order valence-corrected chi connectivity index (χ1v) is 7.48. The van der Waals surface area contributed by atoms with Crippen LogP contribution in [-0.2, 0) is 19.0 Å². The van der Waals surface area contributed by atoms with E-state index in [0.717, 1.165) is 37.2 Å². The van der Waals surface area contributed by atoms with Crippen molar-refractivity contribution >= 4 is 10.9 Å². The fraction of sp³-hybridized carbons (Fsp3) is 0.500. The van der Waals surface area contributed by atoms with Gasteiger partial charge in [0.05, 0.1) is 5.56 Å². The molecule has 5 heteroatoms. The lowest BCUT2D eigenvalue weighted by Crippen LogP contribution is -2.30. The Morgan fingerprint density at radius 1 is 1.19 bits per heavy atom. The fourth-order valence-corrected chi connectivity index (χ4v) is 3.97. The molecule has 0 amide bonds. The minimum Gasteiger partial charge on any atom is -0.358 e. The van der Waals surface area contributed by atoms with Crippen LogP contribution in [-0.4, -0.2) is 29.0 Å². The molecule has 1 aromatic heterocycles. The van der Waals surface area contributed by atoms with Crippen LogP contribution in [0.5, 0.6) is 0 Å². The predicted octanol–water partition coefficient (Wildman–Crippen LogP) is 3.75. The highest BCUT2D eigenvalue weighted by molar-refractivity contribution is 5.88. The number of rotatable bonds is 0. The standard InChI is InChI=1S/C16H17F3N2/c17-16(18,19)12-4-1-5-13-15(12)11-6-8-21-7-2-3-10(21)9-14(11)20-13/h1,4-5,10,20H,2-3,6-9H2/t10-/m1/s1. The number of halogens is 3. The lowest BCUT2D eigenvalue weighted by atomic mass is 10.0. The molecule has 0 saturated carbocycles. The van der Waals surface area contributed by atoms with Crippen LogP contribution in [0.4, 0.5) is 13.2 Å². The van der Waals surface area contributed by atoms with Gasteiger partial charge in [0.15, 0.2) is 0 Å². The molecule has 0 unspecified atom stereocenters. The maximum Gasteiger partial charge on any atom is 0.417 e. The molecule has 2 aliphatic rings. The number of aromatic amines is 1. The third kappa shape index (κ3) is 2.06. The summed E-state index contributed by atoms with van der Waals surface area (Å²) in [5.74, 6) is 0. The number of benzene rings is 1. The maximum absolute atomic E-state index is 13.3. The number of hydrogen-bond acceptors (Lipinski definition) is 1. The third-order valence-electron chi connectivity index (χ3n) is 4.91. The van der Waals surface area contributed by atoms with Gasteiger partial charge in [0.1, 0.15) is 0 Å². The Labute approximate surface area is 120 Å². The molecule has 2 aromatic rings. The fourth-order valence-electron chi connectivity index (χ4n) is 3.97. The van der Waals surface area contributed by atoms with Gasteiger partial charge in [0.25, 0.3) is 0 Å². The van der Waals surface area contributed by atoms with E-state index in [9.17, 15) is 13.2 Å². The summed E-state index contributed by atoms with van der Waals surface area (Å²) in [4.78, 5) is 5.68. The summed E-state index contributed by atoms with van der Waals surface area (Å²) in [6.07, 6.45) is -0.382. The number of aromatic nitrogens is 1. The molecular formula is C16H17F3N2. The number of alkyl halides is 3. The molecule has 4 rings (SSSR count). The molecule has 21 heavy (non-hydrogen) atoms. The van der Waals surface area contributed by atoms with Crippen molar-refractivity contribution in [3.05, 3.63) is 35.0 Å². The van der Waals surface area contributed by atoms with E-state index in [1.807, 2.05) is 0 Å². The SMILES string of the molecule is FC(F)(F)c1cccc2[nH]c3c(c12)CCN1CCC[C@@H]1C3. The summed E-state index contributed by atoms with van der Waals surface area (Å²) in [6.45, 7) is 1.95. The Bertz CT molecular complexity index is 687. The first-order chi connectivity index (χ1) is 10.0. The van der Waals surface area contributed by atoms with Crippen LogP contribution in [0.1, 0.15) is 29.7 Å². The molecule has 1 fully saturated rings. The largest absolute Gasteiger partial charge is 0.417 e. The molecule has 1 atom stereocenters. The highest BCUT2D eigenvalue weighted by Crippen LogP contribution is 2.39. The van der Waals surface area contributed by atoms with Crippen molar-refractivity contribution in [2.75, 3.05) is 13.1 Å². The molecule has 0 aliphatic carbocycles. The van der Waals surface area contributed by atoms with Gasteiger partial charge in [-0.3, -0.25) is 4.90 Å². The predicted molar refractivity (Wildman–Crippen MR) is 75.3 cm³/mol. The smallest absolute Gasteiger partial charge is 0.358 e. The van der Waals surface area contributed by atoms with Crippen LogP contribution >= 0.6 is 0 Å². The molecular weight excluding hydrogens is 277 g/mol. The summed E-state index contributed by atoms with van der Waals surface area (Å²) in [7, 11) is 0. The van der Waals surface area contributed by atoms with Gasteiger partial charge < -0.3 is 4.98 Å². The van der Waals surface area contributed by atoms with E-state index in [0.29, 0.717) is 23.4 Å². The second kappa shape index (κ2) is 4.50. The Morgan fingerprint density at radius 3 is 2.86 bits per heavy atom. The average Bonchev–Trinajstić information content (AvgIpc) is 2.96. The van der Waals surface area contributed by atoms with E-state index in [1.165, 1.54) is 18.6 Å². The molecule has 3 heterocycles. The molecule has 2 nitrogen and oxygen atoms in total. The van der Waals surface area contributed by atoms with Crippen molar-refractivity contribution in [3.8, 4) is 0 Å². The van der Waals surface area contributed by atoms with E-state index in [1.54, 1.807) is 6.07 Å². The maximum atomic E-state index is 13.3. The van der Waals surface area contributed by atoms with Crippen LogP contribution in [0, 0.1) is 0 Å². The zero-order chi connectivity index (χ0) is 14.6. The van der Waals surface area contributed by atoms with Gasteiger partial charge in [-0.25, -0.2) is 0 Å². The van der Waals surface area contributed by atoms with E-state index in [2.05, 4.69) is 9.88 Å². The molecule has 0 radical (unpaired) electrons. The van der Waals surface area contributed by atoms with Crippen molar-refractivity contribution in [2.45, 2.75) is 37.9 Å². The Morgan fingerprint density at radius 2 is 2.05 bits per heavy atom. The monoisotopic (exact) mass is 294 g/mol. The van der Waals surface area contributed by atoms with Crippen LogP contribution in [0.25, 0.3) is 10.9 Å². The Kier molecular flexibility index (Phi) is 2.83. The topological polar surface area (TPSA) is 19.0 Å². The lowest BCUT2D eigenvalue weighted by molar-refractivity contribution is -0.136. The number of nitrogens with one attached hydrogen (secondary N) is 1. The number of nitrogens with zero attached hydrogens (tertiary/aromatic N) is 1. The van der Waals surface area contributed by atoms with Crippen molar-refractivity contribution in [2.24, 2.45) is 0 Å². The second-order valence-electron chi connectivity index (χ2n) is 6.09. The van der Waals surface area contributed by atoms with Gasteiger partial charge in [-0.05, 0) is 43.5 Å². The molecule has 1 N–H and O–H groups in total. The minimum atomic E-state index is -4.29. The van der Waals surface area contributed by atoms with E-state index in [4.69, 9.17) is 0 Å². The summed E-state index contributed by atoms with van der Waals surface area (Å²) in [6, 6.07) is 4.94. The molecule has 112 valence electrons. The molecule has 0 bridgehead atoms. The zero-order valence-corrected chi connectivity index (χ0v) is 11.6. The van der Waals surface area contributed by atoms with Crippen molar-refractivity contribution < 1.29 is 13.2 Å². The van der Waals surface area contributed by atoms with Gasteiger partial charge in [-0.2, -0.15) is 13.2 Å². The Balaban J connectivity index is 1.88.